The van der Waals surface area contributed by atoms with Crippen molar-refractivity contribution in [3.63, 3.8) is 0 Å². The van der Waals surface area contributed by atoms with Crippen molar-refractivity contribution in [3.05, 3.63) is 34.9 Å². The molecule has 1 amide bonds. The highest BCUT2D eigenvalue weighted by molar-refractivity contribution is 6.30. The van der Waals surface area contributed by atoms with Crippen LogP contribution in [-0.2, 0) is 16.0 Å². The van der Waals surface area contributed by atoms with Crippen LogP contribution in [0.2, 0.25) is 5.02 Å². The molecule has 1 aromatic carbocycles. The van der Waals surface area contributed by atoms with Gasteiger partial charge in [0.2, 0.25) is 5.91 Å². The molecule has 0 heterocycles. The molecule has 0 bridgehead atoms. The van der Waals surface area contributed by atoms with E-state index in [1.54, 1.807) is 24.3 Å². The molecule has 1 rings (SSSR count). The standard InChI is InChI=1S/C15H17ClN2O2/c1-2-8-18-15(20)13(10-17)14(19)7-6-11-4-3-5-12(16)9-11/h3-5,9,13H,2,6-8H2,1H3,(H,18,20). The Labute approximate surface area is 123 Å². The second kappa shape index (κ2) is 8.34. The van der Waals surface area contributed by atoms with Gasteiger partial charge in [-0.1, -0.05) is 30.7 Å². The summed E-state index contributed by atoms with van der Waals surface area (Å²) in [7, 11) is 0. The summed E-state index contributed by atoms with van der Waals surface area (Å²) in [6, 6.07) is 8.96. The number of halogens is 1. The van der Waals surface area contributed by atoms with Gasteiger partial charge in [0.1, 0.15) is 0 Å². The number of nitrogens with one attached hydrogen (secondary N) is 1. The summed E-state index contributed by atoms with van der Waals surface area (Å²) in [5.41, 5.74) is 0.913. The second-order valence-electron chi connectivity index (χ2n) is 4.45. The van der Waals surface area contributed by atoms with Crippen LogP contribution in [0.5, 0.6) is 0 Å². The maximum atomic E-state index is 11.9. The van der Waals surface area contributed by atoms with Crippen LogP contribution in [0.25, 0.3) is 0 Å². The van der Waals surface area contributed by atoms with Crippen molar-refractivity contribution in [1.29, 1.82) is 5.26 Å². The Kier molecular flexibility index (Phi) is 6.75. The zero-order valence-electron chi connectivity index (χ0n) is 11.4. The summed E-state index contributed by atoms with van der Waals surface area (Å²) in [6.45, 7) is 2.38. The fraction of sp³-hybridized carbons (Fsp3) is 0.400. The van der Waals surface area contributed by atoms with E-state index in [9.17, 15) is 9.59 Å². The van der Waals surface area contributed by atoms with Crippen molar-refractivity contribution in [1.82, 2.24) is 5.32 Å². The first-order chi connectivity index (χ1) is 9.58. The molecule has 1 atom stereocenters. The molecule has 4 nitrogen and oxygen atoms in total. The summed E-state index contributed by atoms with van der Waals surface area (Å²) in [5.74, 6) is -2.09. The Hall–Kier alpha value is -1.86. The van der Waals surface area contributed by atoms with Crippen molar-refractivity contribution in [2.75, 3.05) is 6.54 Å². The SMILES string of the molecule is CCCNC(=O)C(C#N)C(=O)CCc1cccc(Cl)c1. The van der Waals surface area contributed by atoms with E-state index in [-0.39, 0.29) is 12.2 Å². The average Bonchev–Trinajstić information content (AvgIpc) is 2.43. The first-order valence-corrected chi connectivity index (χ1v) is 6.90. The van der Waals surface area contributed by atoms with Gasteiger partial charge in [-0.2, -0.15) is 5.26 Å². The van der Waals surface area contributed by atoms with E-state index in [2.05, 4.69) is 5.32 Å². The zero-order valence-corrected chi connectivity index (χ0v) is 12.1. The third kappa shape index (κ3) is 5.02. The fourth-order valence-electron chi connectivity index (χ4n) is 1.73. The highest BCUT2D eigenvalue weighted by atomic mass is 35.5. The highest BCUT2D eigenvalue weighted by Crippen LogP contribution is 2.13. The Morgan fingerprint density at radius 1 is 1.45 bits per heavy atom. The van der Waals surface area contributed by atoms with Gasteiger partial charge in [0.15, 0.2) is 11.7 Å². The van der Waals surface area contributed by atoms with Crippen LogP contribution in [0.3, 0.4) is 0 Å². The molecule has 1 aromatic rings. The number of ketones is 1. The number of rotatable bonds is 7. The molecule has 20 heavy (non-hydrogen) atoms. The molecule has 1 N–H and O–H groups in total. The van der Waals surface area contributed by atoms with Gasteiger partial charge in [0.25, 0.3) is 0 Å². The third-order valence-corrected chi connectivity index (χ3v) is 3.05. The highest BCUT2D eigenvalue weighted by Gasteiger charge is 2.25. The molecule has 0 fully saturated rings. The first-order valence-electron chi connectivity index (χ1n) is 6.53. The van der Waals surface area contributed by atoms with Gasteiger partial charge in [-0.05, 0) is 30.5 Å². The van der Waals surface area contributed by atoms with Crippen LogP contribution in [0, 0.1) is 17.2 Å². The average molecular weight is 293 g/mol. The minimum absolute atomic E-state index is 0.151. The fourth-order valence-corrected chi connectivity index (χ4v) is 1.94. The van der Waals surface area contributed by atoms with E-state index in [0.717, 1.165) is 12.0 Å². The Balaban J connectivity index is 2.56. The van der Waals surface area contributed by atoms with E-state index < -0.39 is 11.8 Å². The normalized spacial score (nSPS) is 11.4. The number of aryl methyl sites for hydroxylation is 1. The van der Waals surface area contributed by atoms with Crippen molar-refractivity contribution in [2.24, 2.45) is 5.92 Å². The largest absolute Gasteiger partial charge is 0.355 e. The molecule has 0 radical (unpaired) electrons. The van der Waals surface area contributed by atoms with Gasteiger partial charge in [-0.25, -0.2) is 0 Å². The Bertz CT molecular complexity index is 523. The van der Waals surface area contributed by atoms with Crippen molar-refractivity contribution < 1.29 is 9.59 Å². The van der Waals surface area contributed by atoms with Gasteiger partial charge in [-0.3, -0.25) is 9.59 Å². The molecule has 0 spiro atoms. The molecule has 0 aliphatic rings. The number of nitriles is 1. The Morgan fingerprint density at radius 3 is 2.80 bits per heavy atom. The summed E-state index contributed by atoms with van der Waals surface area (Å²) < 4.78 is 0. The van der Waals surface area contributed by atoms with Crippen LogP contribution in [0.15, 0.2) is 24.3 Å². The molecule has 0 aliphatic carbocycles. The number of hydrogen-bond donors (Lipinski definition) is 1. The predicted octanol–water partition coefficient (Wildman–Crippen LogP) is 2.51. The summed E-state index contributed by atoms with van der Waals surface area (Å²) in [4.78, 5) is 23.6. The monoisotopic (exact) mass is 292 g/mol. The lowest BCUT2D eigenvalue weighted by Crippen LogP contribution is -2.35. The number of hydrogen-bond acceptors (Lipinski definition) is 3. The number of nitrogens with zero attached hydrogens (tertiary/aromatic N) is 1. The van der Waals surface area contributed by atoms with Gasteiger partial charge < -0.3 is 5.32 Å². The van der Waals surface area contributed by atoms with E-state index in [0.29, 0.717) is 18.0 Å². The predicted molar refractivity (Wildman–Crippen MR) is 77.2 cm³/mol. The second-order valence-corrected chi connectivity index (χ2v) is 4.89. The lowest BCUT2D eigenvalue weighted by Gasteiger charge is -2.09. The molecular weight excluding hydrogens is 276 g/mol. The molecular formula is C15H17ClN2O2. The Morgan fingerprint density at radius 2 is 2.20 bits per heavy atom. The van der Waals surface area contributed by atoms with Crippen molar-refractivity contribution >= 4 is 23.3 Å². The quantitative estimate of drug-likeness (QED) is 0.785. The van der Waals surface area contributed by atoms with Crippen LogP contribution < -0.4 is 5.32 Å². The molecule has 0 aromatic heterocycles. The van der Waals surface area contributed by atoms with E-state index in [1.807, 2.05) is 13.0 Å². The third-order valence-electron chi connectivity index (χ3n) is 2.81. The number of carbonyl (C=O) groups is 2. The smallest absolute Gasteiger partial charge is 0.244 e. The molecule has 1 unspecified atom stereocenters. The number of carbonyl (C=O) groups excluding carboxylic acids is 2. The van der Waals surface area contributed by atoms with Crippen LogP contribution in [0.4, 0.5) is 0 Å². The zero-order chi connectivity index (χ0) is 15.0. The van der Waals surface area contributed by atoms with Gasteiger partial charge in [0.05, 0.1) is 6.07 Å². The lowest BCUT2D eigenvalue weighted by atomic mass is 9.98. The minimum Gasteiger partial charge on any atom is -0.355 e. The molecule has 0 saturated heterocycles. The first kappa shape index (κ1) is 16.2. The molecule has 0 saturated carbocycles. The van der Waals surface area contributed by atoms with Gasteiger partial charge >= 0.3 is 0 Å². The topological polar surface area (TPSA) is 70.0 Å². The van der Waals surface area contributed by atoms with Crippen LogP contribution in [-0.4, -0.2) is 18.2 Å². The van der Waals surface area contributed by atoms with Gasteiger partial charge in [-0.15, -0.1) is 0 Å². The minimum atomic E-state index is -1.22. The van der Waals surface area contributed by atoms with Crippen molar-refractivity contribution in [3.8, 4) is 6.07 Å². The van der Waals surface area contributed by atoms with Gasteiger partial charge in [0, 0.05) is 18.0 Å². The van der Waals surface area contributed by atoms with Crippen molar-refractivity contribution in [2.45, 2.75) is 26.2 Å². The summed E-state index contributed by atoms with van der Waals surface area (Å²) in [6.07, 6.45) is 1.39. The van der Waals surface area contributed by atoms with E-state index in [1.165, 1.54) is 0 Å². The molecule has 106 valence electrons. The van der Waals surface area contributed by atoms with E-state index >= 15 is 0 Å². The molecule has 5 heteroatoms. The summed E-state index contributed by atoms with van der Waals surface area (Å²) in [5, 5.41) is 12.1. The number of amides is 1. The number of Topliss-reactive ketones (excluding diaryl/α,β-unsaturated/α-hetero) is 1. The van der Waals surface area contributed by atoms with Crippen LogP contribution in [0.1, 0.15) is 25.3 Å². The maximum absolute atomic E-state index is 11.9. The summed E-state index contributed by atoms with van der Waals surface area (Å²) >= 11 is 5.86. The maximum Gasteiger partial charge on any atom is 0.244 e. The number of benzene rings is 1. The van der Waals surface area contributed by atoms with E-state index in [4.69, 9.17) is 16.9 Å². The van der Waals surface area contributed by atoms with Crippen LogP contribution >= 0.6 is 11.6 Å². The molecule has 0 aliphatic heterocycles. The lowest BCUT2D eigenvalue weighted by molar-refractivity contribution is -0.131.